The highest BCUT2D eigenvalue weighted by molar-refractivity contribution is 5.27. The van der Waals surface area contributed by atoms with Crippen LogP contribution >= 0.6 is 0 Å². The van der Waals surface area contributed by atoms with Gasteiger partial charge in [-0.2, -0.15) is 0 Å². The molecule has 1 aliphatic carbocycles. The smallest absolute Gasteiger partial charge is 0.115 e. The van der Waals surface area contributed by atoms with Crippen molar-refractivity contribution in [2.45, 2.75) is 64.8 Å². The maximum absolute atomic E-state index is 9.67. The van der Waals surface area contributed by atoms with Gasteiger partial charge in [0.25, 0.3) is 0 Å². The quantitative estimate of drug-likeness (QED) is 0.773. The highest BCUT2D eigenvalue weighted by Gasteiger charge is 2.27. The molecule has 0 spiro atoms. The molecule has 0 bridgehead atoms. The number of nitrogens with one attached hydrogen (secondary N) is 1. The second-order valence-corrected chi connectivity index (χ2v) is 6.64. The predicted molar refractivity (Wildman–Crippen MR) is 89.6 cm³/mol. The van der Waals surface area contributed by atoms with E-state index in [0.29, 0.717) is 11.8 Å². The molecular formula is C19H31NO. The second kappa shape index (κ2) is 8.43. The molecule has 21 heavy (non-hydrogen) atoms. The molecule has 2 rings (SSSR count). The molecule has 118 valence electrons. The molecule has 1 aromatic rings. The number of phenols is 1. The Balaban J connectivity index is 2.02. The van der Waals surface area contributed by atoms with E-state index in [-0.39, 0.29) is 0 Å². The van der Waals surface area contributed by atoms with Gasteiger partial charge in [0.2, 0.25) is 0 Å². The van der Waals surface area contributed by atoms with Gasteiger partial charge < -0.3 is 10.4 Å². The Morgan fingerprint density at radius 1 is 1.29 bits per heavy atom. The first-order valence-electron chi connectivity index (χ1n) is 8.74. The van der Waals surface area contributed by atoms with Crippen LogP contribution in [0.5, 0.6) is 5.75 Å². The fourth-order valence-electron chi connectivity index (χ4n) is 3.74. The van der Waals surface area contributed by atoms with Crippen LogP contribution in [-0.4, -0.2) is 17.7 Å². The summed E-state index contributed by atoms with van der Waals surface area (Å²) in [4.78, 5) is 0. The third-order valence-corrected chi connectivity index (χ3v) is 4.99. The lowest BCUT2D eigenvalue weighted by molar-refractivity contribution is 0.207. The Kier molecular flexibility index (Phi) is 6.56. The largest absolute Gasteiger partial charge is 0.508 e. The SMILES string of the molecule is CCCNC(Cc1cccc(O)c1)C1CCCC(CC)C1. The zero-order chi connectivity index (χ0) is 15.1. The van der Waals surface area contributed by atoms with Crippen LogP contribution in [0.4, 0.5) is 0 Å². The first-order valence-corrected chi connectivity index (χ1v) is 8.74. The number of rotatable bonds is 7. The van der Waals surface area contributed by atoms with Gasteiger partial charge in [-0.05, 0) is 61.8 Å². The standard InChI is InChI=1S/C19H31NO/c1-3-11-20-19(14-16-8-6-10-18(21)13-16)17-9-5-7-15(4-2)12-17/h6,8,10,13,15,17,19-21H,3-5,7,9,11-12,14H2,1-2H3. The summed E-state index contributed by atoms with van der Waals surface area (Å²) in [5, 5.41) is 13.4. The molecule has 2 heteroatoms. The van der Waals surface area contributed by atoms with Crippen molar-refractivity contribution >= 4 is 0 Å². The van der Waals surface area contributed by atoms with Crippen molar-refractivity contribution in [2.24, 2.45) is 11.8 Å². The van der Waals surface area contributed by atoms with Gasteiger partial charge in [-0.25, -0.2) is 0 Å². The summed E-state index contributed by atoms with van der Waals surface area (Å²) in [7, 11) is 0. The van der Waals surface area contributed by atoms with E-state index in [1.807, 2.05) is 12.1 Å². The number of hydrogen-bond acceptors (Lipinski definition) is 2. The Morgan fingerprint density at radius 2 is 2.14 bits per heavy atom. The van der Waals surface area contributed by atoms with Crippen LogP contribution in [0.15, 0.2) is 24.3 Å². The molecule has 0 radical (unpaired) electrons. The maximum Gasteiger partial charge on any atom is 0.115 e. The minimum absolute atomic E-state index is 0.386. The molecule has 1 fully saturated rings. The lowest BCUT2D eigenvalue weighted by Crippen LogP contribution is -2.40. The third kappa shape index (κ3) is 5.03. The topological polar surface area (TPSA) is 32.3 Å². The van der Waals surface area contributed by atoms with Gasteiger partial charge in [-0.3, -0.25) is 0 Å². The number of aromatic hydroxyl groups is 1. The van der Waals surface area contributed by atoms with Crippen molar-refractivity contribution in [1.82, 2.24) is 5.32 Å². The Morgan fingerprint density at radius 3 is 2.86 bits per heavy atom. The molecule has 1 aliphatic rings. The van der Waals surface area contributed by atoms with Crippen LogP contribution in [0.2, 0.25) is 0 Å². The Hall–Kier alpha value is -1.02. The van der Waals surface area contributed by atoms with Crippen molar-refractivity contribution in [3.05, 3.63) is 29.8 Å². The summed E-state index contributed by atoms with van der Waals surface area (Å²) in [5.41, 5.74) is 1.25. The first kappa shape index (κ1) is 16.4. The van der Waals surface area contributed by atoms with Crippen LogP contribution in [0.1, 0.15) is 57.9 Å². The average Bonchev–Trinajstić information content (AvgIpc) is 2.51. The van der Waals surface area contributed by atoms with Crippen molar-refractivity contribution in [3.8, 4) is 5.75 Å². The number of hydrogen-bond donors (Lipinski definition) is 2. The Labute approximate surface area is 130 Å². The molecule has 2 N–H and O–H groups in total. The Bertz CT molecular complexity index is 418. The van der Waals surface area contributed by atoms with Crippen molar-refractivity contribution < 1.29 is 5.11 Å². The molecule has 0 aromatic heterocycles. The molecule has 3 unspecified atom stereocenters. The fourth-order valence-corrected chi connectivity index (χ4v) is 3.74. The summed E-state index contributed by atoms with van der Waals surface area (Å²) >= 11 is 0. The van der Waals surface area contributed by atoms with E-state index >= 15 is 0 Å². The van der Waals surface area contributed by atoms with Crippen LogP contribution < -0.4 is 5.32 Å². The van der Waals surface area contributed by atoms with E-state index in [9.17, 15) is 5.11 Å². The second-order valence-electron chi connectivity index (χ2n) is 6.64. The van der Waals surface area contributed by atoms with E-state index < -0.39 is 0 Å². The van der Waals surface area contributed by atoms with Crippen molar-refractivity contribution in [3.63, 3.8) is 0 Å². The molecule has 1 saturated carbocycles. The monoisotopic (exact) mass is 289 g/mol. The van der Waals surface area contributed by atoms with Crippen LogP contribution in [0, 0.1) is 11.8 Å². The van der Waals surface area contributed by atoms with E-state index in [1.54, 1.807) is 6.07 Å². The molecular weight excluding hydrogens is 258 g/mol. The fraction of sp³-hybridized carbons (Fsp3) is 0.684. The molecule has 3 atom stereocenters. The molecule has 0 heterocycles. The predicted octanol–water partition coefficient (Wildman–Crippen LogP) is 4.52. The van der Waals surface area contributed by atoms with Gasteiger partial charge >= 0.3 is 0 Å². The molecule has 0 amide bonds. The lowest BCUT2D eigenvalue weighted by Gasteiger charge is -2.35. The molecule has 1 aromatic carbocycles. The van der Waals surface area contributed by atoms with E-state index in [1.165, 1.54) is 44.1 Å². The minimum atomic E-state index is 0.386. The summed E-state index contributed by atoms with van der Waals surface area (Å²) in [5.74, 6) is 2.09. The van der Waals surface area contributed by atoms with Gasteiger partial charge in [-0.1, -0.05) is 45.2 Å². The van der Waals surface area contributed by atoms with E-state index in [4.69, 9.17) is 0 Å². The zero-order valence-electron chi connectivity index (χ0n) is 13.6. The van der Waals surface area contributed by atoms with E-state index in [0.717, 1.165) is 24.8 Å². The van der Waals surface area contributed by atoms with Crippen molar-refractivity contribution in [1.29, 1.82) is 0 Å². The highest BCUT2D eigenvalue weighted by atomic mass is 16.3. The molecule has 0 saturated heterocycles. The van der Waals surface area contributed by atoms with Crippen LogP contribution in [-0.2, 0) is 6.42 Å². The summed E-state index contributed by atoms with van der Waals surface area (Å²) < 4.78 is 0. The number of phenolic OH excluding ortho intramolecular Hbond substituents is 1. The molecule has 2 nitrogen and oxygen atoms in total. The summed E-state index contributed by atoms with van der Waals surface area (Å²) in [6.45, 7) is 5.65. The van der Waals surface area contributed by atoms with Gasteiger partial charge in [0.15, 0.2) is 0 Å². The van der Waals surface area contributed by atoms with Crippen molar-refractivity contribution in [2.75, 3.05) is 6.54 Å². The maximum atomic E-state index is 9.67. The molecule has 0 aliphatic heterocycles. The van der Waals surface area contributed by atoms with Gasteiger partial charge in [0.1, 0.15) is 5.75 Å². The first-order chi connectivity index (χ1) is 10.2. The van der Waals surface area contributed by atoms with Gasteiger partial charge in [-0.15, -0.1) is 0 Å². The zero-order valence-corrected chi connectivity index (χ0v) is 13.6. The minimum Gasteiger partial charge on any atom is -0.508 e. The van der Waals surface area contributed by atoms with Crippen LogP contribution in [0.25, 0.3) is 0 Å². The van der Waals surface area contributed by atoms with Crippen LogP contribution in [0.3, 0.4) is 0 Å². The average molecular weight is 289 g/mol. The lowest BCUT2D eigenvalue weighted by atomic mass is 9.75. The van der Waals surface area contributed by atoms with E-state index in [2.05, 4.69) is 25.2 Å². The van der Waals surface area contributed by atoms with Gasteiger partial charge in [0.05, 0.1) is 0 Å². The highest BCUT2D eigenvalue weighted by Crippen LogP contribution is 2.34. The number of benzene rings is 1. The third-order valence-electron chi connectivity index (χ3n) is 4.99. The normalized spacial score (nSPS) is 23.9. The van der Waals surface area contributed by atoms with Gasteiger partial charge in [0, 0.05) is 6.04 Å². The summed E-state index contributed by atoms with van der Waals surface area (Å²) in [6, 6.07) is 8.32. The summed E-state index contributed by atoms with van der Waals surface area (Å²) in [6.07, 6.45) is 9.07.